The van der Waals surface area contributed by atoms with E-state index < -0.39 is 6.10 Å². The third kappa shape index (κ3) is 2.14. The lowest BCUT2D eigenvalue weighted by Gasteiger charge is -2.17. The van der Waals surface area contributed by atoms with E-state index in [0.717, 1.165) is 11.3 Å². The van der Waals surface area contributed by atoms with Crippen LogP contribution in [0.5, 0.6) is 0 Å². The van der Waals surface area contributed by atoms with Gasteiger partial charge in [-0.3, -0.25) is 9.36 Å². The van der Waals surface area contributed by atoms with E-state index in [1.165, 1.54) is 6.07 Å². The Morgan fingerprint density at radius 3 is 2.86 bits per heavy atom. The minimum absolute atomic E-state index is 0.122. The van der Waals surface area contributed by atoms with Crippen LogP contribution in [0.4, 0.5) is 0 Å². The number of aryl methyl sites for hydroxylation is 1. The van der Waals surface area contributed by atoms with Gasteiger partial charge in [-0.15, -0.1) is 11.6 Å². The quantitative estimate of drug-likeness (QED) is 0.885. The van der Waals surface area contributed by atoms with E-state index in [1.807, 2.05) is 24.3 Å². The van der Waals surface area contributed by atoms with Crippen LogP contribution in [0.15, 0.2) is 35.1 Å². The van der Waals surface area contributed by atoms with Crippen molar-refractivity contribution in [2.45, 2.75) is 25.4 Å². The molecule has 4 nitrogen and oxygen atoms in total. The van der Waals surface area contributed by atoms with Crippen LogP contribution >= 0.6 is 11.6 Å². The number of para-hydroxylation sites is 1. The molecule has 0 fully saturated rings. The average molecular weight is 315 g/mol. The molecule has 1 aromatic heterocycles. The topological polar surface area (TPSA) is 66.0 Å². The third-order valence-electron chi connectivity index (χ3n) is 4.13. The van der Waals surface area contributed by atoms with Gasteiger partial charge in [-0.1, -0.05) is 18.2 Å². The zero-order chi connectivity index (χ0) is 15.9. The molecule has 2 unspecified atom stereocenters. The summed E-state index contributed by atoms with van der Waals surface area (Å²) in [5.74, 6) is -0.0800. The second kappa shape index (κ2) is 5.60. The standard InChI is InChI=1S/C17H15ClN2O2/c1-10-6-16(22)20-15-5-3-2-4-12(15)13(7-11(21)8-18)17(20)14(10)9-19/h2-6,11,13,21H,7-8H2,1H3. The third-order valence-corrected chi connectivity index (χ3v) is 4.49. The number of alkyl halides is 1. The number of halogens is 1. The van der Waals surface area contributed by atoms with Crippen LogP contribution < -0.4 is 5.56 Å². The molecule has 0 aliphatic carbocycles. The van der Waals surface area contributed by atoms with Gasteiger partial charge < -0.3 is 5.11 Å². The Balaban J connectivity index is 2.32. The average Bonchev–Trinajstić information content (AvgIpc) is 2.83. The van der Waals surface area contributed by atoms with Gasteiger partial charge in [0.05, 0.1) is 23.0 Å². The van der Waals surface area contributed by atoms with Crippen molar-refractivity contribution in [2.75, 3.05) is 5.88 Å². The molecular weight excluding hydrogens is 300 g/mol. The molecule has 5 heteroatoms. The van der Waals surface area contributed by atoms with Crippen molar-refractivity contribution in [1.29, 1.82) is 5.26 Å². The molecule has 1 aromatic carbocycles. The normalized spacial score (nSPS) is 16.7. The highest BCUT2D eigenvalue weighted by Crippen LogP contribution is 2.41. The Morgan fingerprint density at radius 1 is 1.45 bits per heavy atom. The van der Waals surface area contributed by atoms with Crippen molar-refractivity contribution in [2.24, 2.45) is 0 Å². The SMILES string of the molecule is Cc1cc(=O)n2c(c1C#N)C(CC(O)CCl)c1ccccc1-2. The second-order valence-corrected chi connectivity index (χ2v) is 5.84. The zero-order valence-electron chi connectivity index (χ0n) is 12.1. The van der Waals surface area contributed by atoms with E-state index in [0.29, 0.717) is 23.2 Å². The summed E-state index contributed by atoms with van der Waals surface area (Å²) in [5.41, 5.74) is 3.41. The maximum Gasteiger partial charge on any atom is 0.255 e. The molecule has 0 spiro atoms. The van der Waals surface area contributed by atoms with Gasteiger partial charge in [-0.2, -0.15) is 5.26 Å². The van der Waals surface area contributed by atoms with E-state index >= 15 is 0 Å². The summed E-state index contributed by atoms with van der Waals surface area (Å²) in [6.07, 6.45) is -0.300. The number of aromatic nitrogens is 1. The van der Waals surface area contributed by atoms with Crippen LogP contribution in [-0.4, -0.2) is 21.7 Å². The molecule has 3 rings (SSSR count). The molecule has 2 heterocycles. The lowest BCUT2D eigenvalue weighted by atomic mass is 9.89. The number of hydrogen-bond acceptors (Lipinski definition) is 3. The smallest absolute Gasteiger partial charge is 0.255 e. The molecule has 0 amide bonds. The maximum atomic E-state index is 12.4. The Hall–Kier alpha value is -2.09. The van der Waals surface area contributed by atoms with Crippen LogP contribution in [0.1, 0.15) is 34.7 Å². The van der Waals surface area contributed by atoms with Crippen molar-refractivity contribution >= 4 is 11.6 Å². The minimum atomic E-state index is -0.687. The Kier molecular flexibility index (Phi) is 3.78. The number of nitrogens with zero attached hydrogens (tertiary/aromatic N) is 2. The van der Waals surface area contributed by atoms with E-state index in [2.05, 4.69) is 6.07 Å². The predicted octanol–water partition coefficient (Wildman–Crippen LogP) is 2.45. The summed E-state index contributed by atoms with van der Waals surface area (Å²) < 4.78 is 1.59. The lowest BCUT2D eigenvalue weighted by Crippen LogP contribution is -2.22. The van der Waals surface area contributed by atoms with Gasteiger partial charge in [0.15, 0.2) is 0 Å². The van der Waals surface area contributed by atoms with Gasteiger partial charge in [0, 0.05) is 17.9 Å². The summed E-state index contributed by atoms with van der Waals surface area (Å²) in [5, 5.41) is 19.5. The number of hydrogen-bond donors (Lipinski definition) is 1. The van der Waals surface area contributed by atoms with Gasteiger partial charge in [-0.05, 0) is 30.5 Å². The van der Waals surface area contributed by atoms with Crippen molar-refractivity contribution in [3.05, 3.63) is 63.1 Å². The van der Waals surface area contributed by atoms with Gasteiger partial charge in [0.25, 0.3) is 5.56 Å². The highest BCUT2D eigenvalue weighted by molar-refractivity contribution is 6.18. The summed E-state index contributed by atoms with van der Waals surface area (Å²) in [6, 6.07) is 11.2. The Morgan fingerprint density at radius 2 is 2.18 bits per heavy atom. The number of fused-ring (bicyclic) bond motifs is 3. The van der Waals surface area contributed by atoms with E-state index in [1.54, 1.807) is 11.5 Å². The number of aliphatic hydroxyl groups excluding tert-OH is 1. The van der Waals surface area contributed by atoms with Crippen LogP contribution in [0.2, 0.25) is 0 Å². The molecule has 1 aliphatic heterocycles. The van der Waals surface area contributed by atoms with Crippen molar-refractivity contribution in [3.8, 4) is 11.8 Å². The molecule has 0 saturated carbocycles. The fourth-order valence-corrected chi connectivity index (χ4v) is 3.31. The summed E-state index contributed by atoms with van der Waals surface area (Å²) in [7, 11) is 0. The van der Waals surface area contributed by atoms with Crippen molar-refractivity contribution in [3.63, 3.8) is 0 Å². The first-order chi connectivity index (χ1) is 10.6. The minimum Gasteiger partial charge on any atom is -0.392 e. The molecule has 1 N–H and O–H groups in total. The van der Waals surface area contributed by atoms with E-state index in [-0.39, 0.29) is 17.4 Å². The zero-order valence-corrected chi connectivity index (χ0v) is 12.8. The predicted molar refractivity (Wildman–Crippen MR) is 84.7 cm³/mol. The molecule has 0 bridgehead atoms. The number of nitriles is 1. The van der Waals surface area contributed by atoms with Crippen LogP contribution in [-0.2, 0) is 0 Å². The molecule has 22 heavy (non-hydrogen) atoms. The van der Waals surface area contributed by atoms with Crippen molar-refractivity contribution < 1.29 is 5.11 Å². The van der Waals surface area contributed by atoms with Crippen LogP contribution in [0.25, 0.3) is 5.69 Å². The molecule has 1 aliphatic rings. The fourth-order valence-electron chi connectivity index (χ4n) is 3.19. The fraction of sp³-hybridized carbons (Fsp3) is 0.294. The molecule has 0 saturated heterocycles. The molecular formula is C17H15ClN2O2. The van der Waals surface area contributed by atoms with Gasteiger partial charge in [-0.25, -0.2) is 0 Å². The summed E-state index contributed by atoms with van der Waals surface area (Å²) in [4.78, 5) is 12.4. The van der Waals surface area contributed by atoms with Gasteiger partial charge in [0.2, 0.25) is 0 Å². The molecule has 112 valence electrons. The molecule has 0 radical (unpaired) electrons. The Labute approximate surface area is 133 Å². The van der Waals surface area contributed by atoms with Gasteiger partial charge >= 0.3 is 0 Å². The first-order valence-corrected chi connectivity index (χ1v) is 7.62. The van der Waals surface area contributed by atoms with E-state index in [9.17, 15) is 15.2 Å². The van der Waals surface area contributed by atoms with Crippen LogP contribution in [0, 0.1) is 18.3 Å². The van der Waals surface area contributed by atoms with Gasteiger partial charge in [0.1, 0.15) is 6.07 Å². The van der Waals surface area contributed by atoms with E-state index in [4.69, 9.17) is 11.6 Å². The number of aliphatic hydroxyl groups is 1. The summed E-state index contributed by atoms with van der Waals surface area (Å²) in [6.45, 7) is 1.76. The highest BCUT2D eigenvalue weighted by atomic mass is 35.5. The second-order valence-electron chi connectivity index (χ2n) is 5.53. The molecule has 2 aromatic rings. The maximum absolute atomic E-state index is 12.4. The largest absolute Gasteiger partial charge is 0.392 e. The summed E-state index contributed by atoms with van der Waals surface area (Å²) >= 11 is 5.74. The van der Waals surface area contributed by atoms with Crippen molar-refractivity contribution in [1.82, 2.24) is 4.57 Å². The van der Waals surface area contributed by atoms with Crippen LogP contribution in [0.3, 0.4) is 0 Å². The monoisotopic (exact) mass is 314 g/mol. The number of benzene rings is 1. The first-order valence-electron chi connectivity index (χ1n) is 7.08. The number of pyridine rings is 1. The lowest BCUT2D eigenvalue weighted by molar-refractivity contribution is 0.182. The first kappa shape index (κ1) is 14.8. The molecule has 2 atom stereocenters. The highest BCUT2D eigenvalue weighted by Gasteiger charge is 2.33. The number of rotatable bonds is 3. The Bertz CT molecular complexity index is 836.